The molecule has 0 aromatic rings. The number of rotatable bonds is 0. The molecule has 1 aliphatic heterocycles. The van der Waals surface area contributed by atoms with E-state index in [-0.39, 0.29) is 5.92 Å². The Hall–Kier alpha value is -0.780. The summed E-state index contributed by atoms with van der Waals surface area (Å²) in [6.07, 6.45) is 2.21. The van der Waals surface area contributed by atoms with Crippen molar-refractivity contribution in [1.82, 2.24) is 5.32 Å². The van der Waals surface area contributed by atoms with Crippen molar-refractivity contribution >= 4 is 0 Å². The lowest BCUT2D eigenvalue weighted by Gasteiger charge is -2.37. The minimum absolute atomic E-state index is 0.177. The number of piperidine rings is 1. The van der Waals surface area contributed by atoms with Crippen LogP contribution in [-0.2, 0) is 0 Å². The molecule has 1 saturated heterocycles. The van der Waals surface area contributed by atoms with Crippen molar-refractivity contribution in [3.05, 3.63) is 12.7 Å². The SMILES string of the molecule is C=CC#CC1(O)CC(C)NCC1C. The van der Waals surface area contributed by atoms with E-state index in [0.717, 1.165) is 6.54 Å². The summed E-state index contributed by atoms with van der Waals surface area (Å²) in [5, 5.41) is 13.5. The first-order valence-electron chi connectivity index (χ1n) is 4.68. The Morgan fingerprint density at radius 1 is 1.62 bits per heavy atom. The Morgan fingerprint density at radius 3 is 2.92 bits per heavy atom. The summed E-state index contributed by atoms with van der Waals surface area (Å²) < 4.78 is 0. The van der Waals surface area contributed by atoms with Crippen molar-refractivity contribution in [2.45, 2.75) is 31.9 Å². The van der Waals surface area contributed by atoms with Crippen LogP contribution in [0.5, 0.6) is 0 Å². The molecule has 1 fully saturated rings. The second-order valence-corrected chi connectivity index (χ2v) is 3.81. The Labute approximate surface area is 80.0 Å². The lowest BCUT2D eigenvalue weighted by atomic mass is 9.80. The molecule has 3 unspecified atom stereocenters. The van der Waals surface area contributed by atoms with Gasteiger partial charge in [-0.3, -0.25) is 0 Å². The van der Waals surface area contributed by atoms with Crippen LogP contribution in [0.3, 0.4) is 0 Å². The van der Waals surface area contributed by atoms with E-state index in [4.69, 9.17) is 0 Å². The molecule has 0 aromatic heterocycles. The van der Waals surface area contributed by atoms with Crippen LogP contribution >= 0.6 is 0 Å². The highest BCUT2D eigenvalue weighted by atomic mass is 16.3. The average Bonchev–Trinajstić information content (AvgIpc) is 2.09. The molecule has 13 heavy (non-hydrogen) atoms. The molecule has 0 aromatic carbocycles. The van der Waals surface area contributed by atoms with Gasteiger partial charge in [-0.25, -0.2) is 0 Å². The molecule has 3 atom stereocenters. The lowest BCUT2D eigenvalue weighted by Crippen LogP contribution is -2.52. The summed E-state index contributed by atoms with van der Waals surface area (Å²) >= 11 is 0. The molecule has 0 bridgehead atoms. The Morgan fingerprint density at radius 2 is 2.31 bits per heavy atom. The van der Waals surface area contributed by atoms with Gasteiger partial charge in [0.25, 0.3) is 0 Å². The molecule has 0 radical (unpaired) electrons. The zero-order valence-electron chi connectivity index (χ0n) is 8.30. The molecule has 1 aliphatic rings. The van der Waals surface area contributed by atoms with Crippen molar-refractivity contribution in [1.29, 1.82) is 0 Å². The maximum atomic E-state index is 10.2. The Kier molecular flexibility index (Phi) is 3.13. The highest BCUT2D eigenvalue weighted by Crippen LogP contribution is 2.25. The maximum absolute atomic E-state index is 10.2. The van der Waals surface area contributed by atoms with Crippen LogP contribution in [0.25, 0.3) is 0 Å². The van der Waals surface area contributed by atoms with Gasteiger partial charge < -0.3 is 10.4 Å². The third-order valence-electron chi connectivity index (χ3n) is 2.60. The van der Waals surface area contributed by atoms with Gasteiger partial charge in [-0.05, 0) is 13.0 Å². The second kappa shape index (κ2) is 3.95. The van der Waals surface area contributed by atoms with Crippen LogP contribution in [0.15, 0.2) is 12.7 Å². The van der Waals surface area contributed by atoms with Crippen LogP contribution < -0.4 is 5.32 Å². The fraction of sp³-hybridized carbons (Fsp3) is 0.636. The van der Waals surface area contributed by atoms with Crippen molar-refractivity contribution in [2.75, 3.05) is 6.54 Å². The molecule has 2 N–H and O–H groups in total. The normalized spacial score (nSPS) is 39.0. The molecule has 72 valence electrons. The van der Waals surface area contributed by atoms with E-state index in [1.807, 2.05) is 6.92 Å². The van der Waals surface area contributed by atoms with Crippen molar-refractivity contribution in [3.63, 3.8) is 0 Å². The van der Waals surface area contributed by atoms with Gasteiger partial charge in [0.05, 0.1) is 0 Å². The van der Waals surface area contributed by atoms with Gasteiger partial charge in [-0.1, -0.05) is 25.3 Å². The smallest absolute Gasteiger partial charge is 0.131 e. The van der Waals surface area contributed by atoms with E-state index >= 15 is 0 Å². The molecule has 0 saturated carbocycles. The summed E-state index contributed by atoms with van der Waals surface area (Å²) in [5.41, 5.74) is -0.834. The van der Waals surface area contributed by atoms with Crippen LogP contribution in [0, 0.1) is 17.8 Å². The van der Waals surface area contributed by atoms with E-state index < -0.39 is 5.60 Å². The largest absolute Gasteiger partial charge is 0.377 e. The summed E-state index contributed by atoms with van der Waals surface area (Å²) in [5.74, 6) is 5.80. The third kappa shape index (κ3) is 2.33. The first kappa shape index (κ1) is 10.3. The van der Waals surface area contributed by atoms with Crippen LogP contribution in [0.1, 0.15) is 20.3 Å². The minimum atomic E-state index is -0.834. The zero-order chi connectivity index (χ0) is 9.90. The van der Waals surface area contributed by atoms with E-state index in [1.54, 1.807) is 0 Å². The number of allylic oxidation sites excluding steroid dienone is 1. The van der Waals surface area contributed by atoms with E-state index in [0.29, 0.717) is 12.5 Å². The highest BCUT2D eigenvalue weighted by Gasteiger charge is 2.36. The quantitative estimate of drug-likeness (QED) is 0.542. The molecule has 1 heterocycles. The zero-order valence-corrected chi connectivity index (χ0v) is 8.30. The van der Waals surface area contributed by atoms with Crippen LogP contribution in [-0.4, -0.2) is 23.3 Å². The number of hydrogen-bond acceptors (Lipinski definition) is 2. The van der Waals surface area contributed by atoms with Crippen LogP contribution in [0.2, 0.25) is 0 Å². The summed E-state index contributed by atoms with van der Waals surface area (Å²) in [6.45, 7) is 8.42. The Bertz CT molecular complexity index is 251. The second-order valence-electron chi connectivity index (χ2n) is 3.81. The van der Waals surface area contributed by atoms with Gasteiger partial charge in [0.2, 0.25) is 0 Å². The fourth-order valence-electron chi connectivity index (χ4n) is 1.64. The number of aliphatic hydroxyl groups is 1. The molecule has 1 rings (SSSR count). The number of nitrogens with one attached hydrogen (secondary N) is 1. The minimum Gasteiger partial charge on any atom is -0.377 e. The van der Waals surface area contributed by atoms with Gasteiger partial charge >= 0.3 is 0 Å². The van der Waals surface area contributed by atoms with Crippen molar-refractivity contribution in [3.8, 4) is 11.8 Å². The molecular formula is C11H17NO. The van der Waals surface area contributed by atoms with Crippen LogP contribution in [0.4, 0.5) is 0 Å². The predicted octanol–water partition coefficient (Wildman–Crippen LogP) is 0.925. The van der Waals surface area contributed by atoms with Gasteiger partial charge in [0, 0.05) is 24.9 Å². The molecular weight excluding hydrogens is 162 g/mol. The molecule has 2 heteroatoms. The van der Waals surface area contributed by atoms with E-state index in [2.05, 4.69) is 30.7 Å². The summed E-state index contributed by atoms with van der Waals surface area (Å²) in [4.78, 5) is 0. The molecule has 0 amide bonds. The average molecular weight is 179 g/mol. The van der Waals surface area contributed by atoms with Crippen molar-refractivity contribution < 1.29 is 5.11 Å². The summed E-state index contributed by atoms with van der Waals surface area (Å²) in [6, 6.07) is 0.334. The van der Waals surface area contributed by atoms with Crippen molar-refractivity contribution in [2.24, 2.45) is 5.92 Å². The van der Waals surface area contributed by atoms with E-state index in [1.165, 1.54) is 6.08 Å². The first-order valence-corrected chi connectivity index (χ1v) is 4.68. The molecule has 2 nitrogen and oxygen atoms in total. The van der Waals surface area contributed by atoms with Gasteiger partial charge in [0.15, 0.2) is 0 Å². The Balaban J connectivity index is 2.78. The van der Waals surface area contributed by atoms with Gasteiger partial charge in [-0.15, -0.1) is 0 Å². The predicted molar refractivity (Wildman–Crippen MR) is 54.2 cm³/mol. The molecule has 0 spiro atoms. The molecule has 0 aliphatic carbocycles. The summed E-state index contributed by atoms with van der Waals surface area (Å²) in [7, 11) is 0. The monoisotopic (exact) mass is 179 g/mol. The first-order chi connectivity index (χ1) is 6.08. The number of hydrogen-bond donors (Lipinski definition) is 2. The van der Waals surface area contributed by atoms with E-state index in [9.17, 15) is 5.11 Å². The van der Waals surface area contributed by atoms with Gasteiger partial charge in [-0.2, -0.15) is 0 Å². The standard InChI is InChI=1S/C11H17NO/c1-4-5-6-11(13)7-10(3)12-8-9(11)2/h4,9-10,12-13H,1,7-8H2,2-3H3. The van der Waals surface area contributed by atoms with Gasteiger partial charge in [0.1, 0.15) is 5.60 Å². The lowest BCUT2D eigenvalue weighted by molar-refractivity contribution is 0.00763. The highest BCUT2D eigenvalue weighted by molar-refractivity contribution is 5.23. The topological polar surface area (TPSA) is 32.3 Å². The third-order valence-corrected chi connectivity index (χ3v) is 2.60. The maximum Gasteiger partial charge on any atom is 0.131 e. The fourth-order valence-corrected chi connectivity index (χ4v) is 1.64.